The fraction of sp³-hybridized carbons (Fsp3) is 0.400. The largest absolute Gasteiger partial charge is 0.315 e. The number of aromatic nitrogens is 2. The number of hydrogen-bond acceptors (Lipinski definition) is 2. The summed E-state index contributed by atoms with van der Waals surface area (Å²) in [6.45, 7) is 6.47. The van der Waals surface area contributed by atoms with E-state index in [-0.39, 0.29) is 0 Å². The van der Waals surface area contributed by atoms with Gasteiger partial charge in [-0.2, -0.15) is 5.10 Å². The van der Waals surface area contributed by atoms with Gasteiger partial charge < -0.3 is 5.32 Å². The van der Waals surface area contributed by atoms with Gasteiger partial charge in [0.15, 0.2) is 0 Å². The standard InChI is InChI=1S/C15H19N3/c1-11-5-3-4-6-14(11)15-10-17-18(12(15)2)13-7-8-16-9-13/h3-6,10,13,16H,7-9H2,1-2H3. The van der Waals surface area contributed by atoms with E-state index in [2.05, 4.69) is 53.2 Å². The Hall–Kier alpha value is -1.61. The van der Waals surface area contributed by atoms with Gasteiger partial charge in [0.1, 0.15) is 0 Å². The van der Waals surface area contributed by atoms with Crippen LogP contribution < -0.4 is 5.32 Å². The smallest absolute Gasteiger partial charge is 0.0658 e. The molecule has 1 aromatic carbocycles. The average Bonchev–Trinajstić information content (AvgIpc) is 2.99. The number of benzene rings is 1. The summed E-state index contributed by atoms with van der Waals surface area (Å²) in [5.74, 6) is 0. The van der Waals surface area contributed by atoms with E-state index in [4.69, 9.17) is 0 Å². The minimum Gasteiger partial charge on any atom is -0.315 e. The first-order valence-corrected chi connectivity index (χ1v) is 6.58. The Morgan fingerprint density at radius 2 is 2.06 bits per heavy atom. The minimum absolute atomic E-state index is 0.516. The third kappa shape index (κ3) is 1.85. The van der Waals surface area contributed by atoms with E-state index in [0.29, 0.717) is 6.04 Å². The maximum Gasteiger partial charge on any atom is 0.0658 e. The molecular formula is C15H19N3. The van der Waals surface area contributed by atoms with Crippen LogP contribution in [0.25, 0.3) is 11.1 Å². The van der Waals surface area contributed by atoms with Crippen molar-refractivity contribution < 1.29 is 0 Å². The number of hydrogen-bond donors (Lipinski definition) is 1. The Bertz CT molecular complexity index is 551. The molecule has 0 radical (unpaired) electrons. The quantitative estimate of drug-likeness (QED) is 0.876. The van der Waals surface area contributed by atoms with Crippen LogP contribution in [0.2, 0.25) is 0 Å². The molecule has 1 aromatic heterocycles. The summed E-state index contributed by atoms with van der Waals surface area (Å²) in [6.07, 6.45) is 3.19. The van der Waals surface area contributed by atoms with Crippen molar-refractivity contribution in [1.29, 1.82) is 0 Å². The normalized spacial score (nSPS) is 19.3. The molecule has 3 heteroatoms. The molecule has 1 atom stereocenters. The molecule has 2 aromatic rings. The maximum atomic E-state index is 4.59. The van der Waals surface area contributed by atoms with Crippen LogP contribution in [0, 0.1) is 13.8 Å². The van der Waals surface area contributed by atoms with Gasteiger partial charge in [0.25, 0.3) is 0 Å². The highest BCUT2D eigenvalue weighted by Crippen LogP contribution is 2.28. The van der Waals surface area contributed by atoms with Crippen LogP contribution in [-0.2, 0) is 0 Å². The van der Waals surface area contributed by atoms with Gasteiger partial charge in [-0.1, -0.05) is 24.3 Å². The Balaban J connectivity index is 2.02. The number of nitrogens with zero attached hydrogens (tertiary/aromatic N) is 2. The molecule has 0 saturated carbocycles. The van der Waals surface area contributed by atoms with Crippen LogP contribution in [0.3, 0.4) is 0 Å². The summed E-state index contributed by atoms with van der Waals surface area (Å²) in [7, 11) is 0. The van der Waals surface area contributed by atoms with Crippen molar-refractivity contribution in [2.45, 2.75) is 26.3 Å². The van der Waals surface area contributed by atoms with Crippen molar-refractivity contribution in [3.05, 3.63) is 41.7 Å². The molecule has 1 aliphatic heterocycles. The van der Waals surface area contributed by atoms with Crippen molar-refractivity contribution in [1.82, 2.24) is 15.1 Å². The lowest BCUT2D eigenvalue weighted by Crippen LogP contribution is -2.15. The van der Waals surface area contributed by atoms with E-state index in [1.807, 2.05) is 6.20 Å². The fourth-order valence-corrected chi connectivity index (χ4v) is 2.78. The third-order valence-electron chi connectivity index (χ3n) is 3.86. The van der Waals surface area contributed by atoms with Crippen LogP contribution in [0.15, 0.2) is 30.5 Å². The molecule has 0 amide bonds. The molecule has 0 spiro atoms. The van der Waals surface area contributed by atoms with Gasteiger partial charge in [-0.15, -0.1) is 0 Å². The Morgan fingerprint density at radius 1 is 1.22 bits per heavy atom. The first-order chi connectivity index (χ1) is 8.77. The molecule has 3 nitrogen and oxygen atoms in total. The Morgan fingerprint density at radius 3 is 2.78 bits per heavy atom. The Labute approximate surface area is 108 Å². The summed E-state index contributed by atoms with van der Waals surface area (Å²) in [5.41, 5.74) is 5.15. The number of aryl methyl sites for hydroxylation is 1. The third-order valence-corrected chi connectivity index (χ3v) is 3.86. The minimum atomic E-state index is 0.516. The second-order valence-corrected chi connectivity index (χ2v) is 5.05. The predicted molar refractivity (Wildman–Crippen MR) is 73.7 cm³/mol. The predicted octanol–water partition coefficient (Wildman–Crippen LogP) is 2.70. The van der Waals surface area contributed by atoms with Crippen molar-refractivity contribution in [3.63, 3.8) is 0 Å². The van der Waals surface area contributed by atoms with Crippen LogP contribution in [0.1, 0.15) is 23.7 Å². The van der Waals surface area contributed by atoms with Gasteiger partial charge in [0, 0.05) is 17.8 Å². The zero-order chi connectivity index (χ0) is 12.5. The summed E-state index contributed by atoms with van der Waals surface area (Å²) >= 11 is 0. The molecular weight excluding hydrogens is 222 g/mol. The summed E-state index contributed by atoms with van der Waals surface area (Å²) in [4.78, 5) is 0. The molecule has 3 rings (SSSR count). The number of nitrogens with one attached hydrogen (secondary N) is 1. The second kappa shape index (κ2) is 4.58. The molecule has 1 aliphatic rings. The summed E-state index contributed by atoms with van der Waals surface area (Å²) in [5, 5.41) is 7.99. The molecule has 0 bridgehead atoms. The second-order valence-electron chi connectivity index (χ2n) is 5.05. The molecule has 1 N–H and O–H groups in total. The van der Waals surface area contributed by atoms with Crippen molar-refractivity contribution in [3.8, 4) is 11.1 Å². The average molecular weight is 241 g/mol. The molecule has 94 valence electrons. The lowest BCUT2D eigenvalue weighted by molar-refractivity contribution is 0.480. The topological polar surface area (TPSA) is 29.9 Å². The van der Waals surface area contributed by atoms with Crippen LogP contribution >= 0.6 is 0 Å². The van der Waals surface area contributed by atoms with Crippen molar-refractivity contribution in [2.75, 3.05) is 13.1 Å². The maximum absolute atomic E-state index is 4.59. The lowest BCUT2D eigenvalue weighted by Gasteiger charge is -2.12. The van der Waals surface area contributed by atoms with E-state index >= 15 is 0 Å². The molecule has 1 saturated heterocycles. The van der Waals surface area contributed by atoms with Gasteiger partial charge in [-0.25, -0.2) is 0 Å². The summed E-state index contributed by atoms with van der Waals surface area (Å²) < 4.78 is 2.18. The molecule has 18 heavy (non-hydrogen) atoms. The van der Waals surface area contributed by atoms with Crippen LogP contribution in [0.5, 0.6) is 0 Å². The van der Waals surface area contributed by atoms with Crippen LogP contribution in [-0.4, -0.2) is 22.9 Å². The highest BCUT2D eigenvalue weighted by molar-refractivity contribution is 5.68. The first-order valence-electron chi connectivity index (χ1n) is 6.58. The zero-order valence-electron chi connectivity index (χ0n) is 11.0. The molecule has 0 aliphatic carbocycles. The van der Waals surface area contributed by atoms with Crippen molar-refractivity contribution in [2.24, 2.45) is 0 Å². The Kier molecular flexibility index (Phi) is 2.92. The summed E-state index contributed by atoms with van der Waals surface area (Å²) in [6, 6.07) is 9.03. The molecule has 2 heterocycles. The monoisotopic (exact) mass is 241 g/mol. The highest BCUT2D eigenvalue weighted by atomic mass is 15.3. The van der Waals surface area contributed by atoms with E-state index in [9.17, 15) is 0 Å². The SMILES string of the molecule is Cc1ccccc1-c1cnn(C2CCNC2)c1C. The van der Waals surface area contributed by atoms with Crippen LogP contribution in [0.4, 0.5) is 0 Å². The van der Waals surface area contributed by atoms with Gasteiger partial charge in [-0.05, 0) is 37.9 Å². The zero-order valence-corrected chi connectivity index (χ0v) is 11.0. The van der Waals surface area contributed by atoms with E-state index in [1.165, 1.54) is 28.8 Å². The van der Waals surface area contributed by atoms with Gasteiger partial charge in [0.05, 0.1) is 12.2 Å². The first kappa shape index (κ1) is 11.5. The van der Waals surface area contributed by atoms with Gasteiger partial charge in [0.2, 0.25) is 0 Å². The fourth-order valence-electron chi connectivity index (χ4n) is 2.78. The van der Waals surface area contributed by atoms with Gasteiger partial charge >= 0.3 is 0 Å². The molecule has 1 unspecified atom stereocenters. The van der Waals surface area contributed by atoms with Crippen molar-refractivity contribution >= 4 is 0 Å². The highest BCUT2D eigenvalue weighted by Gasteiger charge is 2.20. The number of rotatable bonds is 2. The van der Waals surface area contributed by atoms with E-state index in [0.717, 1.165) is 13.1 Å². The van der Waals surface area contributed by atoms with E-state index in [1.54, 1.807) is 0 Å². The lowest BCUT2D eigenvalue weighted by atomic mass is 10.0. The molecule has 1 fully saturated rings. The van der Waals surface area contributed by atoms with E-state index < -0.39 is 0 Å². The van der Waals surface area contributed by atoms with Gasteiger partial charge in [-0.3, -0.25) is 4.68 Å².